The third-order valence-corrected chi connectivity index (χ3v) is 3.32. The number of nitrogens with one attached hydrogen (secondary N) is 1. The van der Waals surface area contributed by atoms with E-state index in [0.29, 0.717) is 0 Å². The van der Waals surface area contributed by atoms with Crippen LogP contribution in [0, 0.1) is 6.92 Å². The lowest BCUT2D eigenvalue weighted by Gasteiger charge is -2.23. The van der Waals surface area contributed by atoms with E-state index >= 15 is 0 Å². The normalized spacial score (nSPS) is 12.4. The molecule has 1 unspecified atom stereocenters. The SMILES string of the molecule is CCNC(c1ccccc1OC(C)C)c1ncccc1C. The molecule has 112 valence electrons. The van der Waals surface area contributed by atoms with Crippen molar-refractivity contribution in [1.29, 1.82) is 0 Å². The minimum absolute atomic E-state index is 0.0474. The Morgan fingerprint density at radius 3 is 2.57 bits per heavy atom. The molecule has 1 aromatic carbocycles. The maximum atomic E-state index is 5.97. The zero-order valence-corrected chi connectivity index (χ0v) is 13.3. The van der Waals surface area contributed by atoms with Crippen molar-refractivity contribution in [2.75, 3.05) is 6.54 Å². The molecule has 0 radical (unpaired) electrons. The molecule has 1 atom stereocenters. The molecule has 2 rings (SSSR count). The number of benzene rings is 1. The summed E-state index contributed by atoms with van der Waals surface area (Å²) in [5.74, 6) is 0.920. The lowest BCUT2D eigenvalue weighted by atomic mass is 9.99. The second-order valence-electron chi connectivity index (χ2n) is 5.40. The fourth-order valence-electron chi connectivity index (χ4n) is 2.44. The van der Waals surface area contributed by atoms with Crippen LogP contribution in [0.1, 0.15) is 43.6 Å². The first-order valence-electron chi connectivity index (χ1n) is 7.54. The van der Waals surface area contributed by atoms with Gasteiger partial charge in [0.1, 0.15) is 5.75 Å². The van der Waals surface area contributed by atoms with Crippen molar-refractivity contribution in [1.82, 2.24) is 10.3 Å². The van der Waals surface area contributed by atoms with Crippen molar-refractivity contribution in [2.45, 2.75) is 39.8 Å². The van der Waals surface area contributed by atoms with Crippen LogP contribution >= 0.6 is 0 Å². The van der Waals surface area contributed by atoms with Gasteiger partial charge >= 0.3 is 0 Å². The Kier molecular flexibility index (Phi) is 5.34. The Bertz CT molecular complexity index is 581. The van der Waals surface area contributed by atoms with E-state index in [2.05, 4.69) is 36.3 Å². The largest absolute Gasteiger partial charge is 0.491 e. The number of para-hydroxylation sites is 1. The summed E-state index contributed by atoms with van der Waals surface area (Å²) < 4.78 is 5.97. The Labute approximate surface area is 127 Å². The van der Waals surface area contributed by atoms with E-state index in [1.165, 1.54) is 5.56 Å². The second kappa shape index (κ2) is 7.23. The highest BCUT2D eigenvalue weighted by atomic mass is 16.5. The van der Waals surface area contributed by atoms with Crippen LogP contribution in [0.5, 0.6) is 5.75 Å². The van der Waals surface area contributed by atoms with Crippen LogP contribution in [0.2, 0.25) is 0 Å². The van der Waals surface area contributed by atoms with E-state index in [9.17, 15) is 0 Å². The molecule has 0 saturated heterocycles. The van der Waals surface area contributed by atoms with Crippen molar-refractivity contribution in [2.24, 2.45) is 0 Å². The van der Waals surface area contributed by atoms with Gasteiger partial charge in [-0.05, 0) is 45.0 Å². The zero-order chi connectivity index (χ0) is 15.2. The van der Waals surface area contributed by atoms with Crippen LogP contribution in [0.25, 0.3) is 0 Å². The number of rotatable bonds is 6. The highest BCUT2D eigenvalue weighted by molar-refractivity contribution is 5.41. The number of hydrogen-bond acceptors (Lipinski definition) is 3. The maximum absolute atomic E-state index is 5.97. The summed E-state index contributed by atoms with van der Waals surface area (Å²) in [6.07, 6.45) is 2.00. The van der Waals surface area contributed by atoms with Crippen LogP contribution in [0.4, 0.5) is 0 Å². The summed E-state index contributed by atoms with van der Waals surface area (Å²) in [6, 6.07) is 12.3. The molecule has 21 heavy (non-hydrogen) atoms. The summed E-state index contributed by atoms with van der Waals surface area (Å²) in [4.78, 5) is 4.58. The molecule has 1 aromatic heterocycles. The van der Waals surface area contributed by atoms with Gasteiger partial charge in [0.25, 0.3) is 0 Å². The highest BCUT2D eigenvalue weighted by Crippen LogP contribution is 2.31. The first-order valence-corrected chi connectivity index (χ1v) is 7.54. The van der Waals surface area contributed by atoms with E-state index in [1.807, 2.05) is 44.3 Å². The summed E-state index contributed by atoms with van der Waals surface area (Å²) >= 11 is 0. The van der Waals surface area contributed by atoms with Gasteiger partial charge in [-0.15, -0.1) is 0 Å². The molecule has 0 fully saturated rings. The fraction of sp³-hybridized carbons (Fsp3) is 0.389. The maximum Gasteiger partial charge on any atom is 0.124 e. The van der Waals surface area contributed by atoms with Gasteiger partial charge in [0.05, 0.1) is 17.8 Å². The molecule has 0 aliphatic carbocycles. The lowest BCUT2D eigenvalue weighted by molar-refractivity contribution is 0.238. The summed E-state index contributed by atoms with van der Waals surface area (Å²) in [7, 11) is 0. The van der Waals surface area contributed by atoms with E-state index in [1.54, 1.807) is 0 Å². The van der Waals surface area contributed by atoms with Gasteiger partial charge in [-0.1, -0.05) is 31.2 Å². The minimum atomic E-state index is 0.0474. The van der Waals surface area contributed by atoms with Crippen LogP contribution in [-0.2, 0) is 0 Å². The molecule has 0 bridgehead atoms. The Balaban J connectivity index is 2.46. The van der Waals surface area contributed by atoms with Gasteiger partial charge in [-0.3, -0.25) is 4.98 Å². The van der Waals surface area contributed by atoms with Crippen molar-refractivity contribution < 1.29 is 4.74 Å². The first-order chi connectivity index (χ1) is 10.1. The topological polar surface area (TPSA) is 34.1 Å². The summed E-state index contributed by atoms with van der Waals surface area (Å²) in [5.41, 5.74) is 3.37. The van der Waals surface area contributed by atoms with E-state index in [4.69, 9.17) is 4.74 Å². The monoisotopic (exact) mass is 284 g/mol. The Morgan fingerprint density at radius 2 is 1.90 bits per heavy atom. The molecule has 0 spiro atoms. The van der Waals surface area contributed by atoms with E-state index < -0.39 is 0 Å². The Hall–Kier alpha value is -1.87. The third kappa shape index (κ3) is 3.82. The molecule has 1 heterocycles. The molecule has 1 N–H and O–H groups in total. The van der Waals surface area contributed by atoms with E-state index in [-0.39, 0.29) is 12.1 Å². The predicted octanol–water partition coefficient (Wildman–Crippen LogP) is 3.88. The fourth-order valence-corrected chi connectivity index (χ4v) is 2.44. The number of aromatic nitrogens is 1. The average Bonchev–Trinajstić information content (AvgIpc) is 2.46. The average molecular weight is 284 g/mol. The second-order valence-corrected chi connectivity index (χ2v) is 5.40. The quantitative estimate of drug-likeness (QED) is 0.874. The number of hydrogen-bond donors (Lipinski definition) is 1. The summed E-state index contributed by atoms with van der Waals surface area (Å²) in [6.45, 7) is 9.17. The van der Waals surface area contributed by atoms with Gasteiger partial charge in [0.15, 0.2) is 0 Å². The molecule has 2 aromatic rings. The molecule has 0 aliphatic rings. The smallest absolute Gasteiger partial charge is 0.124 e. The van der Waals surface area contributed by atoms with Crippen LogP contribution < -0.4 is 10.1 Å². The van der Waals surface area contributed by atoms with Crippen molar-refractivity contribution >= 4 is 0 Å². The minimum Gasteiger partial charge on any atom is -0.491 e. The standard InChI is InChI=1S/C18H24N2O/c1-5-19-18(17-14(4)9-8-12-20-17)15-10-6-7-11-16(15)21-13(2)3/h6-13,18-19H,5H2,1-4H3. The van der Waals surface area contributed by atoms with Crippen molar-refractivity contribution in [3.05, 3.63) is 59.4 Å². The first kappa shape index (κ1) is 15.5. The van der Waals surface area contributed by atoms with Gasteiger partial charge in [0.2, 0.25) is 0 Å². The van der Waals surface area contributed by atoms with Gasteiger partial charge in [-0.25, -0.2) is 0 Å². The molecular formula is C18H24N2O. The van der Waals surface area contributed by atoms with Gasteiger partial charge in [-0.2, -0.15) is 0 Å². The van der Waals surface area contributed by atoms with Gasteiger partial charge in [0, 0.05) is 11.8 Å². The molecular weight excluding hydrogens is 260 g/mol. The number of ether oxygens (including phenoxy) is 1. The van der Waals surface area contributed by atoms with Crippen LogP contribution in [0.15, 0.2) is 42.6 Å². The third-order valence-electron chi connectivity index (χ3n) is 3.32. The van der Waals surface area contributed by atoms with E-state index in [0.717, 1.165) is 23.6 Å². The van der Waals surface area contributed by atoms with Gasteiger partial charge < -0.3 is 10.1 Å². The molecule has 3 nitrogen and oxygen atoms in total. The number of nitrogens with zero attached hydrogens (tertiary/aromatic N) is 1. The molecule has 0 amide bonds. The lowest BCUT2D eigenvalue weighted by Crippen LogP contribution is -2.24. The van der Waals surface area contributed by atoms with Crippen LogP contribution in [0.3, 0.4) is 0 Å². The van der Waals surface area contributed by atoms with Crippen molar-refractivity contribution in [3.8, 4) is 5.75 Å². The molecule has 0 saturated carbocycles. The molecule has 0 aliphatic heterocycles. The number of pyridine rings is 1. The zero-order valence-electron chi connectivity index (χ0n) is 13.3. The highest BCUT2D eigenvalue weighted by Gasteiger charge is 2.20. The summed E-state index contributed by atoms with van der Waals surface area (Å²) in [5, 5.41) is 3.53. The number of aryl methyl sites for hydroxylation is 1. The van der Waals surface area contributed by atoms with Crippen LogP contribution in [-0.4, -0.2) is 17.6 Å². The van der Waals surface area contributed by atoms with Crippen molar-refractivity contribution in [3.63, 3.8) is 0 Å². The Morgan fingerprint density at radius 1 is 1.14 bits per heavy atom. The predicted molar refractivity (Wildman–Crippen MR) is 86.7 cm³/mol. The molecule has 3 heteroatoms.